The molecule has 0 fully saturated rings. The molecule has 0 amide bonds. The predicted octanol–water partition coefficient (Wildman–Crippen LogP) is -8.45. The average molecular weight is 185 g/mol. The molecule has 0 saturated heterocycles. The van der Waals surface area contributed by atoms with Crippen LogP contribution in [0.4, 0.5) is 0 Å². The topological polar surface area (TPSA) is 69.0 Å². The van der Waals surface area contributed by atoms with Crippen LogP contribution in [0, 0.1) is 0 Å². The molecule has 1 heterocycles. The Morgan fingerprint density at radius 3 is 2.20 bits per heavy atom. The van der Waals surface area contributed by atoms with Crippen LogP contribution in [-0.2, 0) is 0 Å². The van der Waals surface area contributed by atoms with E-state index in [-0.39, 0.29) is 24.8 Å². The first-order valence-corrected chi connectivity index (χ1v) is 2.58. The smallest absolute Gasteiger partial charge is 0.280 e. The van der Waals surface area contributed by atoms with Gasteiger partial charge in [-0.3, -0.25) is 0 Å². The number of amidine groups is 2. The van der Waals surface area contributed by atoms with Crippen molar-refractivity contribution in [3.05, 3.63) is 0 Å². The molecule has 0 spiro atoms. The molecule has 0 bridgehead atoms. The van der Waals surface area contributed by atoms with Crippen molar-refractivity contribution in [2.24, 2.45) is 10.2 Å². The molecule has 0 saturated carbocycles. The second-order valence-corrected chi connectivity index (χ2v) is 1.73. The standard InChI is InChI=1S/C4H8N4.2ClH/c1-3-6-4(2-5)8-7-3;;/h2,5H2,1H3,(H,6,7,8);2*1H. The van der Waals surface area contributed by atoms with E-state index in [4.69, 9.17) is 0 Å². The van der Waals surface area contributed by atoms with Crippen molar-refractivity contribution in [1.29, 1.82) is 0 Å². The SMILES string of the molecule is CC1=NN=C(C[NH3+])[NH2+]1.[Cl-].[Cl-]. The highest BCUT2D eigenvalue weighted by atomic mass is 35.5. The molecule has 0 aromatic carbocycles. The first-order chi connectivity index (χ1) is 3.83. The van der Waals surface area contributed by atoms with E-state index >= 15 is 0 Å². The van der Waals surface area contributed by atoms with E-state index in [0.29, 0.717) is 0 Å². The number of rotatable bonds is 1. The molecule has 1 rings (SSSR count). The van der Waals surface area contributed by atoms with Crippen LogP contribution >= 0.6 is 0 Å². The van der Waals surface area contributed by atoms with E-state index in [9.17, 15) is 0 Å². The monoisotopic (exact) mass is 184 g/mol. The maximum absolute atomic E-state index is 3.82. The Kier molecular flexibility index (Phi) is 7.02. The summed E-state index contributed by atoms with van der Waals surface area (Å²) in [7, 11) is 0. The summed E-state index contributed by atoms with van der Waals surface area (Å²) in [4.78, 5) is 0. The summed E-state index contributed by atoms with van der Waals surface area (Å²) in [5.41, 5.74) is 3.67. The van der Waals surface area contributed by atoms with Crippen molar-refractivity contribution in [3.8, 4) is 0 Å². The molecular weight excluding hydrogens is 175 g/mol. The van der Waals surface area contributed by atoms with Crippen molar-refractivity contribution >= 4 is 11.7 Å². The summed E-state index contributed by atoms with van der Waals surface area (Å²) >= 11 is 0. The van der Waals surface area contributed by atoms with Crippen molar-refractivity contribution in [3.63, 3.8) is 0 Å². The highest BCUT2D eigenvalue weighted by molar-refractivity contribution is 5.87. The van der Waals surface area contributed by atoms with Gasteiger partial charge in [0, 0.05) is 6.92 Å². The number of nitrogens with two attached hydrogens (primary N) is 1. The van der Waals surface area contributed by atoms with E-state index in [1.165, 1.54) is 0 Å². The molecule has 60 valence electrons. The van der Waals surface area contributed by atoms with Crippen molar-refractivity contribution in [1.82, 2.24) is 0 Å². The summed E-state index contributed by atoms with van der Waals surface area (Å²) in [6.45, 7) is 2.66. The third-order valence-electron chi connectivity index (χ3n) is 0.968. The quantitative estimate of drug-likeness (QED) is 0.407. The molecular formula is C4H10Cl2N4. The van der Waals surface area contributed by atoms with Gasteiger partial charge in [-0.05, 0) is 0 Å². The van der Waals surface area contributed by atoms with Crippen LogP contribution in [0.15, 0.2) is 10.2 Å². The van der Waals surface area contributed by atoms with Gasteiger partial charge in [0.2, 0.25) is 5.84 Å². The van der Waals surface area contributed by atoms with Crippen LogP contribution in [0.2, 0.25) is 0 Å². The molecule has 4 nitrogen and oxygen atoms in total. The van der Waals surface area contributed by atoms with Gasteiger partial charge in [-0.1, -0.05) is 10.2 Å². The lowest BCUT2D eigenvalue weighted by atomic mass is 10.5. The first-order valence-electron chi connectivity index (χ1n) is 2.58. The minimum atomic E-state index is 0. The van der Waals surface area contributed by atoms with E-state index in [1.54, 1.807) is 0 Å². The molecule has 0 aromatic rings. The number of nitrogens with zero attached hydrogens (tertiary/aromatic N) is 2. The Bertz CT molecular complexity index is 153. The van der Waals surface area contributed by atoms with E-state index in [2.05, 4.69) is 15.9 Å². The second kappa shape index (κ2) is 5.61. The van der Waals surface area contributed by atoms with Crippen molar-refractivity contribution < 1.29 is 35.9 Å². The highest BCUT2D eigenvalue weighted by Gasteiger charge is 2.11. The zero-order valence-corrected chi connectivity index (χ0v) is 7.15. The maximum atomic E-state index is 3.82. The van der Waals surface area contributed by atoms with Crippen LogP contribution in [-0.4, -0.2) is 18.2 Å². The molecule has 5 N–H and O–H groups in total. The lowest BCUT2D eigenvalue weighted by molar-refractivity contribution is -0.438. The minimum Gasteiger partial charge on any atom is -1.00 e. The Morgan fingerprint density at radius 1 is 1.40 bits per heavy atom. The number of hydrogen-bond acceptors (Lipinski definition) is 2. The van der Waals surface area contributed by atoms with Gasteiger partial charge >= 0.3 is 0 Å². The van der Waals surface area contributed by atoms with E-state index in [0.717, 1.165) is 18.2 Å². The summed E-state index contributed by atoms with van der Waals surface area (Å²) in [6.07, 6.45) is 0. The molecule has 0 atom stereocenters. The van der Waals surface area contributed by atoms with Crippen LogP contribution in [0.25, 0.3) is 0 Å². The van der Waals surface area contributed by atoms with Crippen LogP contribution in [0.1, 0.15) is 6.92 Å². The maximum Gasteiger partial charge on any atom is 0.280 e. The fourth-order valence-corrected chi connectivity index (χ4v) is 0.564. The number of halogens is 2. The molecule has 10 heavy (non-hydrogen) atoms. The third kappa shape index (κ3) is 3.12. The van der Waals surface area contributed by atoms with Gasteiger partial charge in [-0.25, -0.2) is 5.32 Å². The molecule has 0 aliphatic carbocycles. The summed E-state index contributed by atoms with van der Waals surface area (Å²) in [5.74, 6) is 1.95. The van der Waals surface area contributed by atoms with Gasteiger partial charge in [0.15, 0.2) is 6.54 Å². The summed E-state index contributed by atoms with van der Waals surface area (Å²) in [5, 5.41) is 9.56. The van der Waals surface area contributed by atoms with Gasteiger partial charge < -0.3 is 30.5 Å². The summed E-state index contributed by atoms with van der Waals surface area (Å²) < 4.78 is 0. The molecule has 0 radical (unpaired) electrons. The minimum absolute atomic E-state index is 0. The Hall–Kier alpha value is -0.160. The Morgan fingerprint density at radius 2 is 2.00 bits per heavy atom. The van der Waals surface area contributed by atoms with Gasteiger partial charge in [0.1, 0.15) is 0 Å². The molecule has 0 unspecified atom stereocenters. The van der Waals surface area contributed by atoms with Gasteiger partial charge in [0.25, 0.3) is 5.84 Å². The fourth-order valence-electron chi connectivity index (χ4n) is 0.564. The van der Waals surface area contributed by atoms with Crippen molar-refractivity contribution in [2.45, 2.75) is 6.92 Å². The predicted molar refractivity (Wildman–Crippen MR) is 30.2 cm³/mol. The Balaban J connectivity index is 0. The zero-order valence-electron chi connectivity index (χ0n) is 5.64. The van der Waals surface area contributed by atoms with Crippen molar-refractivity contribution in [2.75, 3.05) is 6.54 Å². The highest BCUT2D eigenvalue weighted by Crippen LogP contribution is 1.75. The first kappa shape index (κ1) is 12.5. The normalized spacial score (nSPS) is 14.6. The third-order valence-corrected chi connectivity index (χ3v) is 0.968. The van der Waals surface area contributed by atoms with Crippen LogP contribution in [0.5, 0.6) is 0 Å². The lowest BCUT2D eigenvalue weighted by Gasteiger charge is -1.84. The Labute approximate surface area is 71.8 Å². The molecule has 6 heteroatoms. The van der Waals surface area contributed by atoms with Gasteiger partial charge in [-0.15, -0.1) is 0 Å². The van der Waals surface area contributed by atoms with Gasteiger partial charge in [-0.2, -0.15) is 0 Å². The largest absolute Gasteiger partial charge is 1.00 e. The van der Waals surface area contributed by atoms with Gasteiger partial charge in [0.05, 0.1) is 0 Å². The molecule has 1 aliphatic heterocycles. The number of hydrogen-bond donors (Lipinski definition) is 2. The zero-order chi connectivity index (χ0) is 5.98. The number of quaternary nitrogens is 2. The molecule has 0 aromatic heterocycles. The van der Waals surface area contributed by atoms with Crippen LogP contribution < -0.4 is 35.9 Å². The average Bonchev–Trinajstić information content (AvgIpc) is 2.14. The second-order valence-electron chi connectivity index (χ2n) is 1.73. The van der Waals surface area contributed by atoms with Crippen LogP contribution in [0.3, 0.4) is 0 Å². The molecule has 1 aliphatic rings. The lowest BCUT2D eigenvalue weighted by Crippen LogP contribution is -3.00. The van der Waals surface area contributed by atoms with E-state index < -0.39 is 0 Å². The van der Waals surface area contributed by atoms with E-state index in [1.807, 2.05) is 12.2 Å². The fraction of sp³-hybridized carbons (Fsp3) is 0.500. The summed E-state index contributed by atoms with van der Waals surface area (Å²) in [6, 6.07) is 0.